The molecule has 0 radical (unpaired) electrons. The number of ether oxygens (including phenoxy) is 1. The highest BCUT2D eigenvalue weighted by Crippen LogP contribution is 2.19. The Morgan fingerprint density at radius 1 is 1.50 bits per heavy atom. The number of benzene rings is 1. The molecule has 1 aromatic carbocycles. The summed E-state index contributed by atoms with van der Waals surface area (Å²) in [4.78, 5) is 0. The molecule has 1 rings (SSSR count). The molecule has 1 atom stereocenters. The van der Waals surface area contributed by atoms with Crippen LogP contribution in [0, 0.1) is 6.92 Å². The molecular formula is C11H16ClNO. The number of nitrogens with one attached hydrogen (secondary N) is 1. The molecular weight excluding hydrogens is 198 g/mol. The van der Waals surface area contributed by atoms with Crippen LogP contribution < -0.4 is 5.32 Å². The fourth-order valence-corrected chi connectivity index (χ4v) is 1.29. The summed E-state index contributed by atoms with van der Waals surface area (Å²) in [5, 5.41) is 4.05. The van der Waals surface area contributed by atoms with Gasteiger partial charge in [-0.1, -0.05) is 17.7 Å². The Kier molecular flexibility index (Phi) is 4.23. The van der Waals surface area contributed by atoms with Crippen molar-refractivity contribution in [1.29, 1.82) is 0 Å². The molecule has 1 N–H and O–H groups in total. The van der Waals surface area contributed by atoms with Crippen molar-refractivity contribution in [2.75, 3.05) is 19.0 Å². The lowest BCUT2D eigenvalue weighted by Crippen LogP contribution is -2.18. The van der Waals surface area contributed by atoms with Crippen molar-refractivity contribution in [2.45, 2.75) is 20.0 Å². The third-order valence-corrected chi connectivity index (χ3v) is 2.42. The van der Waals surface area contributed by atoms with Gasteiger partial charge in [0.1, 0.15) is 0 Å². The standard InChI is InChI=1S/C11H16ClNO/c1-8-4-5-10(12)6-11(8)13-7-9(2)14-3/h4-6,9,13H,7H2,1-3H3. The van der Waals surface area contributed by atoms with Crippen molar-refractivity contribution < 1.29 is 4.74 Å². The maximum absolute atomic E-state index is 5.89. The molecule has 0 saturated carbocycles. The number of hydrogen-bond acceptors (Lipinski definition) is 2. The highest BCUT2D eigenvalue weighted by molar-refractivity contribution is 6.30. The van der Waals surface area contributed by atoms with E-state index in [0.29, 0.717) is 0 Å². The summed E-state index contributed by atoms with van der Waals surface area (Å²) in [6.07, 6.45) is 0.202. The Morgan fingerprint density at radius 2 is 2.21 bits per heavy atom. The van der Waals surface area contributed by atoms with Crippen LogP contribution in [0.4, 0.5) is 5.69 Å². The number of halogens is 1. The van der Waals surface area contributed by atoms with Gasteiger partial charge in [-0.15, -0.1) is 0 Å². The average molecular weight is 214 g/mol. The number of methoxy groups -OCH3 is 1. The average Bonchev–Trinajstić information content (AvgIpc) is 2.19. The van der Waals surface area contributed by atoms with Crippen LogP contribution in [0.3, 0.4) is 0 Å². The number of anilines is 1. The predicted molar refractivity (Wildman–Crippen MR) is 61.1 cm³/mol. The maximum Gasteiger partial charge on any atom is 0.0715 e. The zero-order chi connectivity index (χ0) is 10.6. The van der Waals surface area contributed by atoms with Crippen LogP contribution >= 0.6 is 11.6 Å². The summed E-state index contributed by atoms with van der Waals surface area (Å²) < 4.78 is 5.15. The van der Waals surface area contributed by atoms with Crippen LogP contribution in [0.5, 0.6) is 0 Å². The first-order valence-corrected chi connectivity index (χ1v) is 5.04. The van der Waals surface area contributed by atoms with Crippen LogP contribution in [-0.4, -0.2) is 19.8 Å². The summed E-state index contributed by atoms with van der Waals surface area (Å²) >= 11 is 5.89. The van der Waals surface area contributed by atoms with Gasteiger partial charge in [-0.05, 0) is 31.5 Å². The molecule has 0 fully saturated rings. The first-order chi connectivity index (χ1) is 6.63. The minimum absolute atomic E-state index is 0.202. The van der Waals surface area contributed by atoms with Gasteiger partial charge in [0.2, 0.25) is 0 Å². The zero-order valence-corrected chi connectivity index (χ0v) is 9.56. The van der Waals surface area contributed by atoms with Gasteiger partial charge in [-0.3, -0.25) is 0 Å². The zero-order valence-electron chi connectivity index (χ0n) is 8.80. The van der Waals surface area contributed by atoms with Crippen molar-refractivity contribution in [2.24, 2.45) is 0 Å². The lowest BCUT2D eigenvalue weighted by Gasteiger charge is -2.13. The third kappa shape index (κ3) is 3.20. The summed E-state index contributed by atoms with van der Waals surface area (Å²) in [6.45, 7) is 4.86. The molecule has 3 heteroatoms. The van der Waals surface area contributed by atoms with Crippen molar-refractivity contribution in [3.8, 4) is 0 Å². The first kappa shape index (κ1) is 11.3. The Hall–Kier alpha value is -0.730. The second-order valence-corrected chi connectivity index (χ2v) is 3.82. The lowest BCUT2D eigenvalue weighted by atomic mass is 10.2. The van der Waals surface area contributed by atoms with Gasteiger partial charge >= 0.3 is 0 Å². The quantitative estimate of drug-likeness (QED) is 0.830. The first-order valence-electron chi connectivity index (χ1n) is 4.66. The summed E-state index contributed by atoms with van der Waals surface area (Å²) in [5.74, 6) is 0. The second-order valence-electron chi connectivity index (χ2n) is 3.39. The molecule has 1 unspecified atom stereocenters. The van der Waals surface area contributed by atoms with Crippen LogP contribution in [0.1, 0.15) is 12.5 Å². The smallest absolute Gasteiger partial charge is 0.0715 e. The SMILES string of the molecule is COC(C)CNc1cc(Cl)ccc1C. The van der Waals surface area contributed by atoms with E-state index in [1.807, 2.05) is 25.1 Å². The van der Waals surface area contributed by atoms with Gasteiger partial charge < -0.3 is 10.1 Å². The largest absolute Gasteiger partial charge is 0.382 e. The Labute approximate surface area is 90.2 Å². The fraction of sp³-hybridized carbons (Fsp3) is 0.455. The van der Waals surface area contributed by atoms with Crippen LogP contribution in [0.15, 0.2) is 18.2 Å². The van der Waals surface area contributed by atoms with Gasteiger partial charge in [0, 0.05) is 24.4 Å². The molecule has 0 spiro atoms. The molecule has 0 aliphatic rings. The molecule has 0 aliphatic carbocycles. The van der Waals surface area contributed by atoms with Crippen LogP contribution in [0.25, 0.3) is 0 Å². The van der Waals surface area contributed by atoms with Gasteiger partial charge in [0.15, 0.2) is 0 Å². The normalized spacial score (nSPS) is 12.6. The van der Waals surface area contributed by atoms with E-state index in [-0.39, 0.29) is 6.10 Å². The number of aryl methyl sites for hydroxylation is 1. The van der Waals surface area contributed by atoms with E-state index in [2.05, 4.69) is 12.2 Å². The Bertz CT molecular complexity index is 301. The van der Waals surface area contributed by atoms with Crippen molar-refractivity contribution in [3.63, 3.8) is 0 Å². The Morgan fingerprint density at radius 3 is 2.86 bits per heavy atom. The topological polar surface area (TPSA) is 21.3 Å². The summed E-state index contributed by atoms with van der Waals surface area (Å²) in [5.41, 5.74) is 2.26. The number of rotatable bonds is 4. The minimum atomic E-state index is 0.202. The maximum atomic E-state index is 5.89. The fourth-order valence-electron chi connectivity index (χ4n) is 1.12. The molecule has 78 valence electrons. The molecule has 0 amide bonds. The molecule has 2 nitrogen and oxygen atoms in total. The van der Waals surface area contributed by atoms with E-state index in [1.54, 1.807) is 7.11 Å². The van der Waals surface area contributed by atoms with Crippen LogP contribution in [0.2, 0.25) is 5.02 Å². The molecule has 0 aromatic heterocycles. The number of hydrogen-bond donors (Lipinski definition) is 1. The van der Waals surface area contributed by atoms with Crippen molar-refractivity contribution in [3.05, 3.63) is 28.8 Å². The van der Waals surface area contributed by atoms with E-state index >= 15 is 0 Å². The molecule has 1 aromatic rings. The van der Waals surface area contributed by atoms with Crippen LogP contribution in [-0.2, 0) is 4.74 Å². The van der Waals surface area contributed by atoms with E-state index in [0.717, 1.165) is 17.3 Å². The van der Waals surface area contributed by atoms with Crippen molar-refractivity contribution >= 4 is 17.3 Å². The Balaban J connectivity index is 2.62. The minimum Gasteiger partial charge on any atom is -0.382 e. The van der Waals surface area contributed by atoms with Gasteiger partial charge in [-0.2, -0.15) is 0 Å². The summed E-state index contributed by atoms with van der Waals surface area (Å²) in [7, 11) is 1.71. The molecule has 0 aliphatic heterocycles. The van der Waals surface area contributed by atoms with Gasteiger partial charge in [0.05, 0.1) is 6.10 Å². The van der Waals surface area contributed by atoms with Gasteiger partial charge in [0.25, 0.3) is 0 Å². The van der Waals surface area contributed by atoms with Gasteiger partial charge in [-0.25, -0.2) is 0 Å². The third-order valence-electron chi connectivity index (χ3n) is 2.18. The second kappa shape index (κ2) is 5.23. The van der Waals surface area contributed by atoms with E-state index < -0.39 is 0 Å². The molecule has 0 saturated heterocycles. The van der Waals surface area contributed by atoms with E-state index in [9.17, 15) is 0 Å². The molecule has 0 heterocycles. The van der Waals surface area contributed by atoms with Crippen molar-refractivity contribution in [1.82, 2.24) is 0 Å². The summed E-state index contributed by atoms with van der Waals surface area (Å²) in [6, 6.07) is 5.82. The molecule has 14 heavy (non-hydrogen) atoms. The highest BCUT2D eigenvalue weighted by Gasteiger charge is 2.01. The molecule has 0 bridgehead atoms. The lowest BCUT2D eigenvalue weighted by molar-refractivity contribution is 0.129. The highest BCUT2D eigenvalue weighted by atomic mass is 35.5. The monoisotopic (exact) mass is 213 g/mol. The predicted octanol–water partition coefficient (Wildman–Crippen LogP) is 3.10. The van der Waals surface area contributed by atoms with E-state index in [4.69, 9.17) is 16.3 Å². The van der Waals surface area contributed by atoms with E-state index in [1.165, 1.54) is 5.56 Å².